The van der Waals surface area contributed by atoms with E-state index in [4.69, 9.17) is 10.2 Å². The molecule has 0 aliphatic rings. The second-order valence-corrected chi connectivity index (χ2v) is 4.47. The zero-order valence-corrected chi connectivity index (χ0v) is 10.4. The molecule has 0 aliphatic carbocycles. The van der Waals surface area contributed by atoms with Crippen LogP contribution in [-0.2, 0) is 6.54 Å². The first-order chi connectivity index (χ1) is 8.66. The van der Waals surface area contributed by atoms with Crippen molar-refractivity contribution in [2.45, 2.75) is 12.6 Å². The molecule has 2 aromatic rings. The van der Waals surface area contributed by atoms with Gasteiger partial charge in [-0.3, -0.25) is 4.90 Å². The van der Waals surface area contributed by atoms with Crippen molar-refractivity contribution in [1.82, 2.24) is 4.90 Å². The fraction of sp³-hybridized carbons (Fsp3) is 0.286. The number of hydrogen-bond donors (Lipinski definition) is 2. The van der Waals surface area contributed by atoms with Crippen LogP contribution in [0.25, 0.3) is 0 Å². The highest BCUT2D eigenvalue weighted by Gasteiger charge is 2.13. The standard InChI is InChI=1S/C14H18N2O2/c1-16(8-11-6-7-18-10-11)9-14(17)12-4-2-3-5-13(12)15/h2-7,10,14,17H,8-9,15H2,1H3. The number of aliphatic hydroxyl groups is 1. The Balaban J connectivity index is 1.95. The van der Waals surface area contributed by atoms with Crippen LogP contribution in [0.1, 0.15) is 17.2 Å². The molecule has 4 nitrogen and oxygen atoms in total. The molecule has 1 aromatic carbocycles. The highest BCUT2D eigenvalue weighted by atomic mass is 16.3. The van der Waals surface area contributed by atoms with E-state index in [1.54, 1.807) is 18.6 Å². The summed E-state index contributed by atoms with van der Waals surface area (Å²) in [7, 11) is 1.95. The minimum Gasteiger partial charge on any atom is -0.472 e. The number of nitrogens with zero attached hydrogens (tertiary/aromatic N) is 1. The number of benzene rings is 1. The number of aliphatic hydroxyl groups excluding tert-OH is 1. The van der Waals surface area contributed by atoms with Crippen LogP contribution < -0.4 is 5.73 Å². The van der Waals surface area contributed by atoms with Gasteiger partial charge in [-0.2, -0.15) is 0 Å². The van der Waals surface area contributed by atoms with Crippen LogP contribution in [0.15, 0.2) is 47.3 Å². The van der Waals surface area contributed by atoms with Crippen molar-refractivity contribution in [3.8, 4) is 0 Å². The normalized spacial score (nSPS) is 12.8. The zero-order chi connectivity index (χ0) is 13.0. The molecule has 4 heteroatoms. The molecule has 2 rings (SSSR count). The summed E-state index contributed by atoms with van der Waals surface area (Å²) in [6.07, 6.45) is 2.78. The van der Waals surface area contributed by atoms with Crippen LogP contribution in [-0.4, -0.2) is 23.6 Å². The van der Waals surface area contributed by atoms with Gasteiger partial charge in [0.25, 0.3) is 0 Å². The van der Waals surface area contributed by atoms with Crippen molar-refractivity contribution in [3.63, 3.8) is 0 Å². The molecule has 0 bridgehead atoms. The quantitative estimate of drug-likeness (QED) is 0.792. The van der Waals surface area contributed by atoms with E-state index in [9.17, 15) is 5.11 Å². The van der Waals surface area contributed by atoms with Gasteiger partial charge in [-0.1, -0.05) is 18.2 Å². The number of rotatable bonds is 5. The largest absolute Gasteiger partial charge is 0.472 e. The molecular weight excluding hydrogens is 228 g/mol. The third-order valence-electron chi connectivity index (χ3n) is 2.87. The lowest BCUT2D eigenvalue weighted by Crippen LogP contribution is -2.24. The second-order valence-electron chi connectivity index (χ2n) is 4.47. The number of hydrogen-bond acceptors (Lipinski definition) is 4. The van der Waals surface area contributed by atoms with E-state index in [1.165, 1.54) is 0 Å². The van der Waals surface area contributed by atoms with Gasteiger partial charge in [0.05, 0.1) is 18.6 Å². The van der Waals surface area contributed by atoms with Crippen LogP contribution in [0.4, 0.5) is 5.69 Å². The van der Waals surface area contributed by atoms with E-state index in [1.807, 2.05) is 36.2 Å². The Morgan fingerprint density at radius 2 is 2.11 bits per heavy atom. The predicted molar refractivity (Wildman–Crippen MR) is 70.9 cm³/mol. The smallest absolute Gasteiger partial charge is 0.0947 e. The number of anilines is 1. The lowest BCUT2D eigenvalue weighted by molar-refractivity contribution is 0.124. The second kappa shape index (κ2) is 5.71. The lowest BCUT2D eigenvalue weighted by Gasteiger charge is -2.21. The molecule has 18 heavy (non-hydrogen) atoms. The zero-order valence-electron chi connectivity index (χ0n) is 10.4. The molecule has 0 saturated heterocycles. The molecule has 1 heterocycles. The molecule has 0 aliphatic heterocycles. The first-order valence-electron chi connectivity index (χ1n) is 5.89. The summed E-state index contributed by atoms with van der Waals surface area (Å²) < 4.78 is 5.01. The predicted octanol–water partition coefficient (Wildman–Crippen LogP) is 2.03. The Morgan fingerprint density at radius 1 is 1.33 bits per heavy atom. The van der Waals surface area contributed by atoms with E-state index in [0.717, 1.165) is 17.7 Å². The highest BCUT2D eigenvalue weighted by Crippen LogP contribution is 2.20. The lowest BCUT2D eigenvalue weighted by atomic mass is 10.1. The molecule has 0 radical (unpaired) electrons. The summed E-state index contributed by atoms with van der Waals surface area (Å²) in [5, 5.41) is 10.2. The van der Waals surface area contributed by atoms with Gasteiger partial charge >= 0.3 is 0 Å². The van der Waals surface area contributed by atoms with Crippen molar-refractivity contribution in [2.24, 2.45) is 0 Å². The first-order valence-corrected chi connectivity index (χ1v) is 5.89. The van der Waals surface area contributed by atoms with Crippen molar-refractivity contribution in [3.05, 3.63) is 54.0 Å². The van der Waals surface area contributed by atoms with Crippen LogP contribution in [0, 0.1) is 0 Å². The van der Waals surface area contributed by atoms with Gasteiger partial charge in [0.1, 0.15) is 0 Å². The fourth-order valence-corrected chi connectivity index (χ4v) is 1.97. The van der Waals surface area contributed by atoms with Gasteiger partial charge in [0, 0.05) is 29.9 Å². The first kappa shape index (κ1) is 12.7. The molecular formula is C14H18N2O2. The summed E-state index contributed by atoms with van der Waals surface area (Å²) in [6, 6.07) is 9.31. The Morgan fingerprint density at radius 3 is 2.78 bits per heavy atom. The molecule has 3 N–H and O–H groups in total. The summed E-state index contributed by atoms with van der Waals surface area (Å²) >= 11 is 0. The van der Waals surface area contributed by atoms with Gasteiger partial charge in [-0.15, -0.1) is 0 Å². The monoisotopic (exact) mass is 246 g/mol. The van der Waals surface area contributed by atoms with E-state index in [2.05, 4.69) is 0 Å². The molecule has 1 unspecified atom stereocenters. The SMILES string of the molecule is CN(Cc1ccoc1)CC(O)c1ccccc1N. The minimum atomic E-state index is -0.580. The van der Waals surface area contributed by atoms with Gasteiger partial charge < -0.3 is 15.3 Å². The Hall–Kier alpha value is -1.78. The van der Waals surface area contributed by atoms with Gasteiger partial charge in [-0.05, 0) is 19.2 Å². The molecule has 0 spiro atoms. The maximum Gasteiger partial charge on any atom is 0.0947 e. The van der Waals surface area contributed by atoms with Crippen LogP contribution in [0.5, 0.6) is 0 Å². The van der Waals surface area contributed by atoms with Crippen LogP contribution in [0.2, 0.25) is 0 Å². The average Bonchev–Trinajstić information content (AvgIpc) is 2.82. The van der Waals surface area contributed by atoms with E-state index in [-0.39, 0.29) is 0 Å². The van der Waals surface area contributed by atoms with Crippen molar-refractivity contribution < 1.29 is 9.52 Å². The molecule has 96 valence electrons. The Bertz CT molecular complexity index is 482. The molecule has 1 atom stereocenters. The van der Waals surface area contributed by atoms with Gasteiger partial charge in [0.2, 0.25) is 0 Å². The highest BCUT2D eigenvalue weighted by molar-refractivity contribution is 5.47. The van der Waals surface area contributed by atoms with Crippen molar-refractivity contribution in [2.75, 3.05) is 19.3 Å². The van der Waals surface area contributed by atoms with E-state index >= 15 is 0 Å². The molecule has 1 aromatic heterocycles. The number of nitrogen functional groups attached to an aromatic ring is 1. The van der Waals surface area contributed by atoms with E-state index < -0.39 is 6.10 Å². The third-order valence-corrected chi connectivity index (χ3v) is 2.87. The van der Waals surface area contributed by atoms with Crippen LogP contribution in [0.3, 0.4) is 0 Å². The van der Waals surface area contributed by atoms with Crippen molar-refractivity contribution in [1.29, 1.82) is 0 Å². The van der Waals surface area contributed by atoms with Gasteiger partial charge in [-0.25, -0.2) is 0 Å². The summed E-state index contributed by atoms with van der Waals surface area (Å²) in [4.78, 5) is 2.03. The molecule has 0 fully saturated rings. The Labute approximate surface area is 107 Å². The summed E-state index contributed by atoms with van der Waals surface area (Å²) in [5.74, 6) is 0. The minimum absolute atomic E-state index is 0.527. The Kier molecular flexibility index (Phi) is 4.02. The number of para-hydroxylation sites is 1. The fourth-order valence-electron chi connectivity index (χ4n) is 1.97. The number of likely N-dealkylation sites (N-methyl/N-ethyl adjacent to an activating group) is 1. The number of nitrogens with two attached hydrogens (primary N) is 1. The third kappa shape index (κ3) is 3.12. The van der Waals surface area contributed by atoms with E-state index in [0.29, 0.717) is 12.2 Å². The number of furan rings is 1. The molecule has 0 amide bonds. The van der Waals surface area contributed by atoms with Crippen molar-refractivity contribution >= 4 is 5.69 Å². The maximum absolute atomic E-state index is 10.2. The summed E-state index contributed by atoms with van der Waals surface area (Å²) in [6.45, 7) is 1.26. The molecule has 0 saturated carbocycles. The van der Waals surface area contributed by atoms with Crippen LogP contribution >= 0.6 is 0 Å². The van der Waals surface area contributed by atoms with Gasteiger partial charge in [0.15, 0.2) is 0 Å². The summed E-state index contributed by atoms with van der Waals surface area (Å²) in [5.41, 5.74) is 8.33. The average molecular weight is 246 g/mol. The topological polar surface area (TPSA) is 62.6 Å². The maximum atomic E-state index is 10.2.